The van der Waals surface area contributed by atoms with Crippen molar-refractivity contribution in [3.8, 4) is 12.3 Å². The highest BCUT2D eigenvalue weighted by molar-refractivity contribution is 7.15. The molecule has 1 aromatic heterocycles. The van der Waals surface area contributed by atoms with E-state index < -0.39 is 6.10 Å². The molecule has 6 atom stereocenters. The van der Waals surface area contributed by atoms with Gasteiger partial charge in [0.15, 0.2) is 5.13 Å². The van der Waals surface area contributed by atoms with Crippen molar-refractivity contribution in [2.45, 2.75) is 58.6 Å². The van der Waals surface area contributed by atoms with Crippen LogP contribution in [-0.4, -0.2) is 40.6 Å². The highest BCUT2D eigenvalue weighted by Gasteiger charge is 2.54. The SMILES string of the molecule is C#CCN(C)C(=O)[C@@H](C)[C@H]1CC[C@]2(C)Cc3sc(NCc4ccccc4)nc3[C@H](C)[C@@H]2[C@H]1O. The van der Waals surface area contributed by atoms with E-state index in [0.29, 0.717) is 6.54 Å². The molecule has 0 aliphatic heterocycles. The second-order valence-corrected chi connectivity index (χ2v) is 11.3. The molecular weight excluding hydrogens is 430 g/mol. The Morgan fingerprint density at radius 2 is 2.15 bits per heavy atom. The predicted molar refractivity (Wildman–Crippen MR) is 134 cm³/mol. The average molecular weight is 466 g/mol. The number of thiazole rings is 1. The third-order valence-corrected chi connectivity index (χ3v) is 8.97. The molecule has 0 saturated heterocycles. The molecule has 2 N–H and O–H groups in total. The first-order chi connectivity index (χ1) is 15.7. The minimum atomic E-state index is -0.535. The number of benzene rings is 1. The van der Waals surface area contributed by atoms with Gasteiger partial charge in [-0.25, -0.2) is 4.98 Å². The maximum absolute atomic E-state index is 12.9. The minimum absolute atomic E-state index is 0.0129. The van der Waals surface area contributed by atoms with Crippen LogP contribution in [0.3, 0.4) is 0 Å². The molecule has 176 valence electrons. The van der Waals surface area contributed by atoms with E-state index in [-0.39, 0.29) is 35.0 Å². The Morgan fingerprint density at radius 1 is 1.42 bits per heavy atom. The molecule has 1 fully saturated rings. The van der Waals surface area contributed by atoms with Gasteiger partial charge in [0.2, 0.25) is 5.91 Å². The van der Waals surface area contributed by atoms with Gasteiger partial charge in [0, 0.05) is 30.3 Å². The van der Waals surface area contributed by atoms with Gasteiger partial charge in [0.25, 0.3) is 0 Å². The van der Waals surface area contributed by atoms with Crippen LogP contribution in [0.2, 0.25) is 0 Å². The molecule has 1 amide bonds. The molecule has 1 saturated carbocycles. The van der Waals surface area contributed by atoms with Crippen LogP contribution >= 0.6 is 11.3 Å². The molecule has 0 unspecified atom stereocenters. The second-order valence-electron chi connectivity index (χ2n) is 10.2. The number of terminal acetylenes is 1. The van der Waals surface area contributed by atoms with Crippen LogP contribution < -0.4 is 5.32 Å². The lowest BCUT2D eigenvalue weighted by atomic mass is 9.53. The Kier molecular flexibility index (Phi) is 6.83. The standard InChI is InChI=1S/C27H35N3O2S/c1-6-14-30(5)25(32)17(2)20-12-13-27(4)15-21-23(18(3)22(27)24(20)31)29-26(33-21)28-16-19-10-8-7-9-11-19/h1,7-11,17-18,20,22,24,31H,12-16H2,2-5H3,(H,28,29)/t17-,18+,20+,22+,24-,27+/m0/s1. The monoisotopic (exact) mass is 465 g/mol. The predicted octanol–water partition coefficient (Wildman–Crippen LogP) is 4.54. The summed E-state index contributed by atoms with van der Waals surface area (Å²) < 4.78 is 0. The van der Waals surface area contributed by atoms with Crippen molar-refractivity contribution in [3.63, 3.8) is 0 Å². The smallest absolute Gasteiger partial charge is 0.226 e. The largest absolute Gasteiger partial charge is 0.392 e. The molecule has 5 nitrogen and oxygen atoms in total. The topological polar surface area (TPSA) is 65.5 Å². The first-order valence-corrected chi connectivity index (χ1v) is 12.7. The number of carbonyl (C=O) groups is 1. The van der Waals surface area contributed by atoms with E-state index in [0.717, 1.165) is 36.6 Å². The fourth-order valence-electron chi connectivity index (χ4n) is 6.14. The highest BCUT2D eigenvalue weighted by Crippen LogP contribution is 2.57. The van der Waals surface area contributed by atoms with Crippen molar-refractivity contribution in [1.82, 2.24) is 9.88 Å². The molecule has 4 rings (SSSR count). The van der Waals surface area contributed by atoms with E-state index >= 15 is 0 Å². The normalized spacial score (nSPS) is 29.3. The number of nitrogens with one attached hydrogen (secondary N) is 1. The average Bonchev–Trinajstić information content (AvgIpc) is 3.20. The number of hydrogen-bond acceptors (Lipinski definition) is 5. The van der Waals surface area contributed by atoms with Crippen LogP contribution in [0.4, 0.5) is 5.13 Å². The Balaban J connectivity index is 1.52. The summed E-state index contributed by atoms with van der Waals surface area (Å²) in [5.74, 6) is 2.47. The van der Waals surface area contributed by atoms with Gasteiger partial charge in [-0.3, -0.25) is 4.79 Å². The number of amides is 1. The van der Waals surface area contributed by atoms with Gasteiger partial charge in [-0.05, 0) is 42.1 Å². The molecule has 1 aromatic carbocycles. The highest BCUT2D eigenvalue weighted by atomic mass is 32.1. The summed E-state index contributed by atoms with van der Waals surface area (Å²) in [5.41, 5.74) is 2.35. The summed E-state index contributed by atoms with van der Waals surface area (Å²) in [6.45, 7) is 7.50. The molecule has 0 bridgehead atoms. The van der Waals surface area contributed by atoms with E-state index in [4.69, 9.17) is 11.4 Å². The number of nitrogens with zero attached hydrogens (tertiary/aromatic N) is 2. The minimum Gasteiger partial charge on any atom is -0.392 e. The number of carbonyl (C=O) groups excluding carboxylic acids is 1. The van der Waals surface area contributed by atoms with Crippen molar-refractivity contribution in [2.24, 2.45) is 23.2 Å². The molecule has 0 spiro atoms. The van der Waals surface area contributed by atoms with E-state index in [1.807, 2.05) is 25.1 Å². The lowest BCUT2D eigenvalue weighted by molar-refractivity contribution is -0.142. The van der Waals surface area contributed by atoms with Crippen LogP contribution in [0.25, 0.3) is 0 Å². The molecule has 6 heteroatoms. The number of rotatable bonds is 6. The maximum Gasteiger partial charge on any atom is 0.226 e. The lowest BCUT2D eigenvalue weighted by Crippen LogP contribution is -2.53. The Labute approximate surface area is 201 Å². The zero-order chi connectivity index (χ0) is 23.8. The molecule has 2 aliphatic rings. The molecule has 1 heterocycles. The Hall–Kier alpha value is -2.36. The Bertz CT molecular complexity index is 1030. The fourth-order valence-corrected chi connectivity index (χ4v) is 7.40. The van der Waals surface area contributed by atoms with Crippen LogP contribution in [0.1, 0.15) is 55.7 Å². The molecule has 0 radical (unpaired) electrons. The van der Waals surface area contributed by atoms with E-state index in [1.165, 1.54) is 10.4 Å². The van der Waals surface area contributed by atoms with Crippen molar-refractivity contribution < 1.29 is 9.90 Å². The van der Waals surface area contributed by atoms with Gasteiger partial charge < -0.3 is 15.3 Å². The molecule has 2 aliphatic carbocycles. The summed E-state index contributed by atoms with van der Waals surface area (Å²) >= 11 is 1.75. The van der Waals surface area contributed by atoms with Crippen LogP contribution in [0.15, 0.2) is 30.3 Å². The molecule has 33 heavy (non-hydrogen) atoms. The summed E-state index contributed by atoms with van der Waals surface area (Å²) in [6.07, 6.45) is 7.65. The van der Waals surface area contributed by atoms with E-state index in [1.54, 1.807) is 23.3 Å². The second kappa shape index (κ2) is 9.48. The van der Waals surface area contributed by atoms with Crippen molar-refractivity contribution in [2.75, 3.05) is 18.9 Å². The van der Waals surface area contributed by atoms with Crippen LogP contribution in [-0.2, 0) is 17.8 Å². The van der Waals surface area contributed by atoms with Crippen molar-refractivity contribution >= 4 is 22.4 Å². The van der Waals surface area contributed by atoms with E-state index in [2.05, 4.69) is 37.2 Å². The number of hydrogen-bond donors (Lipinski definition) is 2. The third-order valence-electron chi connectivity index (χ3n) is 7.95. The van der Waals surface area contributed by atoms with Gasteiger partial charge in [-0.2, -0.15) is 0 Å². The number of aliphatic hydroxyl groups excluding tert-OH is 1. The quantitative estimate of drug-likeness (QED) is 0.615. The number of aromatic nitrogens is 1. The molecular formula is C27H35N3O2S. The van der Waals surface area contributed by atoms with Crippen LogP contribution in [0, 0.1) is 35.5 Å². The maximum atomic E-state index is 12.9. The number of anilines is 1. The van der Waals surface area contributed by atoms with Gasteiger partial charge in [-0.15, -0.1) is 17.8 Å². The summed E-state index contributed by atoms with van der Waals surface area (Å²) in [4.78, 5) is 20.8. The first kappa shape index (κ1) is 23.8. The first-order valence-electron chi connectivity index (χ1n) is 11.9. The van der Waals surface area contributed by atoms with Crippen molar-refractivity contribution in [1.29, 1.82) is 0 Å². The van der Waals surface area contributed by atoms with Gasteiger partial charge in [0.05, 0.1) is 18.3 Å². The van der Waals surface area contributed by atoms with Crippen molar-refractivity contribution in [3.05, 3.63) is 46.5 Å². The van der Waals surface area contributed by atoms with Gasteiger partial charge >= 0.3 is 0 Å². The fraction of sp³-hybridized carbons (Fsp3) is 0.556. The summed E-state index contributed by atoms with van der Waals surface area (Å²) in [6, 6.07) is 10.3. The summed E-state index contributed by atoms with van der Waals surface area (Å²) in [7, 11) is 1.74. The third kappa shape index (κ3) is 4.54. The lowest BCUT2D eigenvalue weighted by Gasteiger charge is -2.53. The van der Waals surface area contributed by atoms with Gasteiger partial charge in [-0.1, -0.05) is 57.0 Å². The van der Waals surface area contributed by atoms with Gasteiger partial charge in [0.1, 0.15) is 0 Å². The summed E-state index contributed by atoms with van der Waals surface area (Å²) in [5, 5.41) is 16.0. The van der Waals surface area contributed by atoms with Crippen LogP contribution in [0.5, 0.6) is 0 Å². The zero-order valence-corrected chi connectivity index (χ0v) is 20.9. The Morgan fingerprint density at radius 3 is 2.85 bits per heavy atom. The molecule has 2 aromatic rings. The number of aliphatic hydroxyl groups is 1. The van der Waals surface area contributed by atoms with E-state index in [9.17, 15) is 9.90 Å². The zero-order valence-electron chi connectivity index (χ0n) is 20.0. The number of fused-ring (bicyclic) bond motifs is 2.